The minimum Gasteiger partial charge on any atom is -0.489 e. The van der Waals surface area contributed by atoms with Gasteiger partial charge in [-0.1, -0.05) is 48.9 Å². The van der Waals surface area contributed by atoms with E-state index in [0.717, 1.165) is 12.3 Å². The fraction of sp³-hybridized carbons (Fsp3) is 0.333. The van der Waals surface area contributed by atoms with Crippen LogP contribution < -0.4 is 10.5 Å². The SMILES string of the molecule is NCC1(c2cccc(OCc3ccccc3)c2)CCC1. The van der Waals surface area contributed by atoms with Crippen LogP contribution in [0.3, 0.4) is 0 Å². The highest BCUT2D eigenvalue weighted by Gasteiger charge is 2.37. The van der Waals surface area contributed by atoms with Crippen molar-refractivity contribution >= 4 is 0 Å². The molecule has 1 saturated carbocycles. The Morgan fingerprint density at radius 3 is 2.45 bits per heavy atom. The predicted octanol–water partition coefficient (Wildman–Crippen LogP) is 3.65. The van der Waals surface area contributed by atoms with Crippen molar-refractivity contribution in [3.8, 4) is 5.75 Å². The Bertz CT molecular complexity index is 555. The van der Waals surface area contributed by atoms with Crippen molar-refractivity contribution in [2.24, 2.45) is 5.73 Å². The first-order valence-electron chi connectivity index (χ1n) is 7.30. The molecule has 3 rings (SSSR count). The van der Waals surface area contributed by atoms with E-state index in [2.05, 4.69) is 30.3 Å². The van der Waals surface area contributed by atoms with E-state index in [1.807, 2.05) is 24.3 Å². The van der Waals surface area contributed by atoms with Crippen molar-refractivity contribution in [1.82, 2.24) is 0 Å². The third-order valence-corrected chi connectivity index (χ3v) is 4.40. The van der Waals surface area contributed by atoms with E-state index in [0.29, 0.717) is 6.61 Å². The molecule has 2 heteroatoms. The summed E-state index contributed by atoms with van der Waals surface area (Å²) in [6, 6.07) is 18.7. The summed E-state index contributed by atoms with van der Waals surface area (Å²) in [5.41, 5.74) is 8.70. The van der Waals surface area contributed by atoms with Crippen LogP contribution in [0.15, 0.2) is 54.6 Å². The largest absolute Gasteiger partial charge is 0.489 e. The van der Waals surface area contributed by atoms with Gasteiger partial charge in [-0.25, -0.2) is 0 Å². The third-order valence-electron chi connectivity index (χ3n) is 4.40. The molecule has 1 aliphatic carbocycles. The van der Waals surface area contributed by atoms with Crippen LogP contribution in [0.1, 0.15) is 30.4 Å². The van der Waals surface area contributed by atoms with Gasteiger partial charge in [0.15, 0.2) is 0 Å². The van der Waals surface area contributed by atoms with Gasteiger partial charge in [-0.05, 0) is 36.1 Å². The summed E-state index contributed by atoms with van der Waals surface area (Å²) in [5.74, 6) is 0.936. The third kappa shape index (κ3) is 2.56. The summed E-state index contributed by atoms with van der Waals surface area (Å²) in [5, 5.41) is 0. The van der Waals surface area contributed by atoms with Gasteiger partial charge in [0.05, 0.1) is 0 Å². The zero-order chi connectivity index (χ0) is 13.8. The van der Waals surface area contributed by atoms with Gasteiger partial charge in [0, 0.05) is 12.0 Å². The highest BCUT2D eigenvalue weighted by Crippen LogP contribution is 2.43. The van der Waals surface area contributed by atoms with Gasteiger partial charge < -0.3 is 10.5 Å². The van der Waals surface area contributed by atoms with Crippen molar-refractivity contribution in [1.29, 1.82) is 0 Å². The number of hydrogen-bond donors (Lipinski definition) is 1. The molecule has 0 aromatic heterocycles. The van der Waals surface area contributed by atoms with Crippen molar-refractivity contribution in [2.75, 3.05) is 6.54 Å². The molecule has 1 aliphatic rings. The molecule has 20 heavy (non-hydrogen) atoms. The Morgan fingerprint density at radius 1 is 1.00 bits per heavy atom. The van der Waals surface area contributed by atoms with Crippen LogP contribution in [-0.2, 0) is 12.0 Å². The quantitative estimate of drug-likeness (QED) is 0.897. The molecule has 2 nitrogen and oxygen atoms in total. The van der Waals surface area contributed by atoms with Crippen LogP contribution in [0.5, 0.6) is 5.75 Å². The molecule has 2 aromatic carbocycles. The summed E-state index contributed by atoms with van der Waals surface area (Å²) < 4.78 is 5.90. The summed E-state index contributed by atoms with van der Waals surface area (Å²) in [4.78, 5) is 0. The van der Waals surface area contributed by atoms with Crippen LogP contribution in [0.25, 0.3) is 0 Å². The highest BCUT2D eigenvalue weighted by atomic mass is 16.5. The maximum absolute atomic E-state index is 5.98. The van der Waals surface area contributed by atoms with E-state index in [9.17, 15) is 0 Å². The molecule has 0 atom stereocenters. The lowest BCUT2D eigenvalue weighted by Gasteiger charge is -2.41. The van der Waals surface area contributed by atoms with Crippen LogP contribution in [0.4, 0.5) is 0 Å². The minimum absolute atomic E-state index is 0.201. The lowest BCUT2D eigenvalue weighted by molar-refractivity contribution is 0.250. The normalized spacial score (nSPS) is 16.4. The fourth-order valence-corrected chi connectivity index (χ4v) is 2.87. The first kappa shape index (κ1) is 13.2. The molecule has 0 bridgehead atoms. The second kappa shape index (κ2) is 5.68. The first-order valence-corrected chi connectivity index (χ1v) is 7.30. The monoisotopic (exact) mass is 267 g/mol. The average Bonchev–Trinajstić information content (AvgIpc) is 2.46. The zero-order valence-electron chi connectivity index (χ0n) is 11.7. The summed E-state index contributed by atoms with van der Waals surface area (Å²) in [6.45, 7) is 1.34. The highest BCUT2D eigenvalue weighted by molar-refractivity contribution is 5.36. The number of rotatable bonds is 5. The Labute approximate surface area is 120 Å². The van der Waals surface area contributed by atoms with Gasteiger partial charge in [-0.15, -0.1) is 0 Å². The average molecular weight is 267 g/mol. The molecule has 1 fully saturated rings. The zero-order valence-corrected chi connectivity index (χ0v) is 11.7. The molecule has 0 spiro atoms. The number of nitrogens with two attached hydrogens (primary N) is 1. The van der Waals surface area contributed by atoms with Gasteiger partial charge in [0.2, 0.25) is 0 Å². The molecular formula is C18H21NO. The second-order valence-electron chi connectivity index (χ2n) is 5.64. The molecule has 0 aliphatic heterocycles. The summed E-state index contributed by atoms with van der Waals surface area (Å²) >= 11 is 0. The Hall–Kier alpha value is -1.80. The molecule has 0 amide bonds. The molecule has 2 aromatic rings. The lowest BCUT2D eigenvalue weighted by atomic mass is 9.64. The van der Waals surface area contributed by atoms with E-state index < -0.39 is 0 Å². The second-order valence-corrected chi connectivity index (χ2v) is 5.64. The van der Waals surface area contributed by atoms with Gasteiger partial charge in [-0.3, -0.25) is 0 Å². The minimum atomic E-state index is 0.201. The Morgan fingerprint density at radius 2 is 1.80 bits per heavy atom. The van der Waals surface area contributed by atoms with Gasteiger partial charge >= 0.3 is 0 Å². The fourth-order valence-electron chi connectivity index (χ4n) is 2.87. The maximum atomic E-state index is 5.98. The molecule has 104 valence electrons. The standard InChI is InChI=1S/C18H21NO/c19-14-18(10-5-11-18)16-8-4-9-17(12-16)20-13-15-6-2-1-3-7-15/h1-4,6-9,12H,5,10-11,13-14,19H2. The molecule has 0 unspecified atom stereocenters. The lowest BCUT2D eigenvalue weighted by Crippen LogP contribution is -2.41. The van der Waals surface area contributed by atoms with Gasteiger partial charge in [-0.2, -0.15) is 0 Å². The van der Waals surface area contributed by atoms with E-state index >= 15 is 0 Å². The van der Waals surface area contributed by atoms with Crippen LogP contribution in [0.2, 0.25) is 0 Å². The van der Waals surface area contributed by atoms with Crippen LogP contribution in [0, 0.1) is 0 Å². The summed E-state index contributed by atoms with van der Waals surface area (Å²) in [6.07, 6.45) is 3.68. The smallest absolute Gasteiger partial charge is 0.120 e. The van der Waals surface area contributed by atoms with Gasteiger partial charge in [0.1, 0.15) is 12.4 Å². The number of hydrogen-bond acceptors (Lipinski definition) is 2. The van der Waals surface area contributed by atoms with Crippen molar-refractivity contribution < 1.29 is 4.74 Å². The van der Waals surface area contributed by atoms with Gasteiger partial charge in [0.25, 0.3) is 0 Å². The van der Waals surface area contributed by atoms with E-state index in [-0.39, 0.29) is 5.41 Å². The van der Waals surface area contributed by atoms with Crippen molar-refractivity contribution in [3.63, 3.8) is 0 Å². The molecule has 2 N–H and O–H groups in total. The van der Waals surface area contributed by atoms with Crippen LogP contribution in [-0.4, -0.2) is 6.54 Å². The maximum Gasteiger partial charge on any atom is 0.120 e. The first-order chi connectivity index (χ1) is 9.82. The number of benzene rings is 2. The molecular weight excluding hydrogens is 246 g/mol. The number of ether oxygens (including phenoxy) is 1. The summed E-state index contributed by atoms with van der Waals surface area (Å²) in [7, 11) is 0. The Balaban J connectivity index is 1.72. The van der Waals surface area contributed by atoms with E-state index in [4.69, 9.17) is 10.5 Å². The van der Waals surface area contributed by atoms with E-state index in [1.165, 1.54) is 30.4 Å². The van der Waals surface area contributed by atoms with E-state index in [1.54, 1.807) is 0 Å². The van der Waals surface area contributed by atoms with Crippen molar-refractivity contribution in [2.45, 2.75) is 31.3 Å². The molecule has 0 radical (unpaired) electrons. The van der Waals surface area contributed by atoms with Crippen LogP contribution >= 0.6 is 0 Å². The predicted molar refractivity (Wildman–Crippen MR) is 81.8 cm³/mol. The molecule has 0 saturated heterocycles. The van der Waals surface area contributed by atoms with Crippen molar-refractivity contribution in [3.05, 3.63) is 65.7 Å². The Kier molecular flexibility index (Phi) is 3.75. The topological polar surface area (TPSA) is 35.2 Å². The molecule has 0 heterocycles.